The van der Waals surface area contributed by atoms with Crippen LogP contribution in [0.5, 0.6) is 0 Å². The highest BCUT2D eigenvalue weighted by Gasteiger charge is 2.28. The van der Waals surface area contributed by atoms with Gasteiger partial charge in [-0.05, 0) is 65.5 Å². The molecule has 164 valence electrons. The Labute approximate surface area is 202 Å². The first kappa shape index (κ1) is 22.8. The summed E-state index contributed by atoms with van der Waals surface area (Å²) in [6.07, 6.45) is 0.679. The van der Waals surface area contributed by atoms with Crippen LogP contribution in [0.2, 0.25) is 10.0 Å². The van der Waals surface area contributed by atoms with E-state index >= 15 is 0 Å². The van der Waals surface area contributed by atoms with Gasteiger partial charge in [0.05, 0.1) is 10.6 Å². The smallest absolute Gasteiger partial charge is 0.237 e. The summed E-state index contributed by atoms with van der Waals surface area (Å²) >= 11 is 18.2. The SMILES string of the molecule is O=S(=O)(N=C(Cl)N1CCC(c2ccccc2)C(c2ccc(Cl)cc2)=N1)c1ccc(Cl)cc1. The van der Waals surface area contributed by atoms with Crippen LogP contribution in [-0.4, -0.2) is 31.0 Å². The summed E-state index contributed by atoms with van der Waals surface area (Å²) in [4.78, 5) is 0.00104. The van der Waals surface area contributed by atoms with Crippen molar-refractivity contribution in [1.82, 2.24) is 5.01 Å². The zero-order valence-electron chi connectivity index (χ0n) is 16.7. The van der Waals surface area contributed by atoms with Crippen molar-refractivity contribution in [1.29, 1.82) is 0 Å². The molecule has 0 amide bonds. The quantitative estimate of drug-likeness (QED) is 0.241. The molecular formula is C23H18Cl3N3O2S. The second-order valence-corrected chi connectivity index (χ2v) is 9.97. The van der Waals surface area contributed by atoms with Gasteiger partial charge in [0.1, 0.15) is 0 Å². The van der Waals surface area contributed by atoms with E-state index in [4.69, 9.17) is 39.9 Å². The van der Waals surface area contributed by atoms with Gasteiger partial charge in [0.15, 0.2) is 0 Å². The Bertz CT molecular complexity index is 1260. The zero-order chi connectivity index (χ0) is 22.7. The van der Waals surface area contributed by atoms with E-state index in [2.05, 4.69) is 4.40 Å². The van der Waals surface area contributed by atoms with Crippen molar-refractivity contribution < 1.29 is 8.42 Å². The van der Waals surface area contributed by atoms with E-state index in [0.717, 1.165) is 16.8 Å². The molecule has 0 saturated heterocycles. The molecule has 5 nitrogen and oxygen atoms in total. The molecule has 9 heteroatoms. The lowest BCUT2D eigenvalue weighted by atomic mass is 9.86. The molecular weight excluding hydrogens is 489 g/mol. The molecule has 3 aromatic rings. The van der Waals surface area contributed by atoms with Crippen LogP contribution >= 0.6 is 34.8 Å². The lowest BCUT2D eigenvalue weighted by Crippen LogP contribution is -2.34. The van der Waals surface area contributed by atoms with Crippen LogP contribution in [0.3, 0.4) is 0 Å². The maximum absolute atomic E-state index is 12.7. The average Bonchev–Trinajstić information content (AvgIpc) is 2.80. The first-order valence-corrected chi connectivity index (χ1v) is 12.3. The molecule has 0 aliphatic carbocycles. The minimum atomic E-state index is -4.01. The molecule has 1 aliphatic heterocycles. The van der Waals surface area contributed by atoms with E-state index < -0.39 is 10.0 Å². The Morgan fingerprint density at radius 1 is 0.906 bits per heavy atom. The summed E-state index contributed by atoms with van der Waals surface area (Å²) in [5.41, 5.74) is 2.75. The largest absolute Gasteiger partial charge is 0.285 e. The first-order valence-electron chi connectivity index (χ1n) is 9.76. The Morgan fingerprint density at radius 3 is 2.12 bits per heavy atom. The Hall–Kier alpha value is -2.38. The molecule has 1 atom stereocenters. The number of hydrogen-bond acceptors (Lipinski definition) is 3. The molecule has 0 saturated carbocycles. The van der Waals surface area contributed by atoms with E-state index in [-0.39, 0.29) is 16.1 Å². The third-order valence-electron chi connectivity index (χ3n) is 5.05. The van der Waals surface area contributed by atoms with Crippen molar-refractivity contribution in [3.63, 3.8) is 0 Å². The number of amidine groups is 1. The molecule has 0 bridgehead atoms. The van der Waals surface area contributed by atoms with E-state index in [0.29, 0.717) is 23.0 Å². The fourth-order valence-electron chi connectivity index (χ4n) is 3.47. The molecule has 0 fully saturated rings. The third kappa shape index (κ3) is 5.15. The number of rotatable bonds is 4. The van der Waals surface area contributed by atoms with Gasteiger partial charge in [-0.3, -0.25) is 0 Å². The predicted molar refractivity (Wildman–Crippen MR) is 130 cm³/mol. The predicted octanol–water partition coefficient (Wildman–Crippen LogP) is 6.17. The number of benzene rings is 3. The van der Waals surface area contributed by atoms with Crippen LogP contribution in [0.15, 0.2) is 93.3 Å². The summed E-state index contributed by atoms with van der Waals surface area (Å²) in [6, 6.07) is 23.1. The Balaban J connectivity index is 1.71. The van der Waals surface area contributed by atoms with E-state index in [1.54, 1.807) is 12.1 Å². The minimum Gasteiger partial charge on any atom is -0.237 e. The van der Waals surface area contributed by atoms with Crippen LogP contribution in [0.4, 0.5) is 0 Å². The van der Waals surface area contributed by atoms with Crippen LogP contribution in [0.1, 0.15) is 23.5 Å². The van der Waals surface area contributed by atoms with Gasteiger partial charge in [-0.2, -0.15) is 13.5 Å². The summed E-state index contributed by atoms with van der Waals surface area (Å²) in [7, 11) is -4.01. The van der Waals surface area contributed by atoms with Crippen LogP contribution in [0, 0.1) is 0 Å². The lowest BCUT2D eigenvalue weighted by Gasteiger charge is -2.30. The highest BCUT2D eigenvalue weighted by molar-refractivity contribution is 7.90. The van der Waals surface area contributed by atoms with Crippen molar-refractivity contribution in [2.45, 2.75) is 17.2 Å². The maximum Gasteiger partial charge on any atom is 0.285 e. The Morgan fingerprint density at radius 2 is 1.50 bits per heavy atom. The summed E-state index contributed by atoms with van der Waals surface area (Å²) in [6.45, 7) is 0.412. The minimum absolute atomic E-state index is 0.00104. The number of sulfonamides is 1. The van der Waals surface area contributed by atoms with E-state index in [1.807, 2.05) is 42.5 Å². The molecule has 0 N–H and O–H groups in total. The molecule has 0 aromatic heterocycles. The van der Waals surface area contributed by atoms with Crippen molar-refractivity contribution in [2.75, 3.05) is 6.54 Å². The van der Waals surface area contributed by atoms with Gasteiger partial charge in [0.2, 0.25) is 5.29 Å². The topological polar surface area (TPSA) is 62.1 Å². The molecule has 32 heavy (non-hydrogen) atoms. The molecule has 1 aliphatic rings. The molecule has 1 heterocycles. The number of halogens is 3. The van der Waals surface area contributed by atoms with Gasteiger partial charge in [0.25, 0.3) is 10.0 Å². The van der Waals surface area contributed by atoms with Crippen LogP contribution < -0.4 is 0 Å². The van der Waals surface area contributed by atoms with Gasteiger partial charge >= 0.3 is 0 Å². The summed E-state index contributed by atoms with van der Waals surface area (Å²) in [5, 5.41) is 6.93. The summed E-state index contributed by atoms with van der Waals surface area (Å²) < 4.78 is 29.1. The van der Waals surface area contributed by atoms with Gasteiger partial charge in [-0.25, -0.2) is 5.01 Å². The molecule has 1 unspecified atom stereocenters. The van der Waals surface area contributed by atoms with Crippen LogP contribution in [-0.2, 0) is 10.0 Å². The average molecular weight is 507 g/mol. The highest BCUT2D eigenvalue weighted by Crippen LogP contribution is 2.30. The lowest BCUT2D eigenvalue weighted by molar-refractivity contribution is 0.410. The van der Waals surface area contributed by atoms with E-state index in [1.165, 1.54) is 29.3 Å². The van der Waals surface area contributed by atoms with Crippen molar-refractivity contribution in [3.8, 4) is 0 Å². The highest BCUT2D eigenvalue weighted by atomic mass is 35.5. The standard InChI is InChI=1S/C23H18Cl3N3O2S/c24-18-8-6-17(7-9-18)22-21(16-4-2-1-3-5-16)14-15-29(27-22)23(26)28-32(30,31)20-12-10-19(25)11-13-20/h1-13,21H,14-15H2. The van der Waals surface area contributed by atoms with Crippen LogP contribution in [0.25, 0.3) is 0 Å². The first-order chi connectivity index (χ1) is 15.3. The monoisotopic (exact) mass is 505 g/mol. The number of nitrogens with zero attached hydrogens (tertiary/aromatic N) is 3. The van der Waals surface area contributed by atoms with Gasteiger partial charge < -0.3 is 0 Å². The second-order valence-electron chi connectivity index (χ2n) is 7.16. The third-order valence-corrected chi connectivity index (χ3v) is 7.22. The van der Waals surface area contributed by atoms with Gasteiger partial charge in [0, 0.05) is 22.5 Å². The second kappa shape index (κ2) is 9.63. The fourth-order valence-corrected chi connectivity index (χ4v) is 4.99. The van der Waals surface area contributed by atoms with E-state index in [9.17, 15) is 8.42 Å². The maximum atomic E-state index is 12.7. The van der Waals surface area contributed by atoms with Gasteiger partial charge in [-0.1, -0.05) is 65.7 Å². The van der Waals surface area contributed by atoms with Gasteiger partial charge in [-0.15, -0.1) is 4.40 Å². The summed E-state index contributed by atoms with van der Waals surface area (Å²) in [5.74, 6) is 0.0194. The fraction of sp³-hybridized carbons (Fsp3) is 0.130. The zero-order valence-corrected chi connectivity index (χ0v) is 19.8. The molecule has 0 radical (unpaired) electrons. The molecule has 0 spiro atoms. The van der Waals surface area contributed by atoms with Crippen molar-refractivity contribution in [2.24, 2.45) is 9.50 Å². The van der Waals surface area contributed by atoms with Crippen molar-refractivity contribution >= 4 is 55.8 Å². The Kier molecular flexibility index (Phi) is 6.86. The van der Waals surface area contributed by atoms with Crippen molar-refractivity contribution in [3.05, 3.63) is 100 Å². The molecule has 3 aromatic carbocycles. The normalized spacial score (nSPS) is 17.2. The molecule has 4 rings (SSSR count). The number of hydrazone groups is 1. The number of hydrogen-bond donors (Lipinski definition) is 0.